The molecule has 0 radical (unpaired) electrons. The average molecular weight is 289 g/mol. The third-order valence-corrected chi connectivity index (χ3v) is 5.22. The monoisotopic (exact) mass is 288 g/mol. The maximum absolute atomic E-state index is 5.56. The maximum atomic E-state index is 5.56. The van der Waals surface area contributed by atoms with Crippen LogP contribution >= 0.6 is 11.8 Å². The maximum Gasteiger partial charge on any atom is 0.0623 e. The number of hydrogen-bond donors (Lipinski definition) is 1. The van der Waals surface area contributed by atoms with Gasteiger partial charge < -0.3 is 15.0 Å². The summed E-state index contributed by atoms with van der Waals surface area (Å²) in [5, 5.41) is 3.76. The molecule has 0 bridgehead atoms. The summed E-state index contributed by atoms with van der Waals surface area (Å²) < 4.78 is 5.56. The molecule has 2 atom stereocenters. The molecule has 0 saturated carbocycles. The van der Waals surface area contributed by atoms with Crippen LogP contribution in [0.15, 0.2) is 0 Å². The Morgan fingerprint density at radius 1 is 1.47 bits per heavy atom. The van der Waals surface area contributed by atoms with Crippen molar-refractivity contribution in [2.45, 2.75) is 57.7 Å². The molecule has 1 N–H and O–H groups in total. The molecule has 4 heteroatoms. The molecule has 19 heavy (non-hydrogen) atoms. The summed E-state index contributed by atoms with van der Waals surface area (Å²) in [4.78, 5) is 2.53. The van der Waals surface area contributed by atoms with E-state index in [1.165, 1.54) is 30.9 Å². The van der Waals surface area contributed by atoms with Crippen LogP contribution in [0.2, 0.25) is 0 Å². The number of nitrogens with zero attached hydrogens (tertiary/aromatic N) is 1. The van der Waals surface area contributed by atoms with Crippen LogP contribution in [0.25, 0.3) is 0 Å². The van der Waals surface area contributed by atoms with Gasteiger partial charge in [-0.2, -0.15) is 11.8 Å². The van der Waals surface area contributed by atoms with Crippen molar-refractivity contribution in [2.75, 3.05) is 38.8 Å². The fourth-order valence-corrected chi connectivity index (χ4v) is 3.81. The molecule has 0 aliphatic carbocycles. The molecular weight excluding hydrogens is 256 g/mol. The molecule has 1 heterocycles. The number of ether oxygens (including phenoxy) is 1. The smallest absolute Gasteiger partial charge is 0.0623 e. The molecule has 1 rings (SSSR count). The zero-order valence-electron chi connectivity index (χ0n) is 13.4. The van der Waals surface area contributed by atoms with E-state index in [-0.39, 0.29) is 5.60 Å². The lowest BCUT2D eigenvalue weighted by molar-refractivity contribution is 0.00949. The zero-order chi connectivity index (χ0) is 14.3. The van der Waals surface area contributed by atoms with Gasteiger partial charge in [0.2, 0.25) is 0 Å². The lowest BCUT2D eigenvalue weighted by Crippen LogP contribution is -2.53. The van der Waals surface area contributed by atoms with Gasteiger partial charge in [0.25, 0.3) is 0 Å². The van der Waals surface area contributed by atoms with Crippen LogP contribution in [0.3, 0.4) is 0 Å². The minimum atomic E-state index is -0.00741. The number of hydrogen-bond acceptors (Lipinski definition) is 4. The molecule has 3 nitrogen and oxygen atoms in total. The van der Waals surface area contributed by atoms with E-state index in [1.54, 1.807) is 0 Å². The Labute approximate surface area is 123 Å². The SMILES string of the molecule is CCCNC(CCC(C)(C)OC)C1CSCCN1C. The summed E-state index contributed by atoms with van der Waals surface area (Å²) in [5.74, 6) is 2.53. The van der Waals surface area contributed by atoms with Crippen molar-refractivity contribution in [1.29, 1.82) is 0 Å². The molecule has 1 aliphatic heterocycles. The first-order valence-electron chi connectivity index (χ1n) is 7.56. The first-order chi connectivity index (χ1) is 9.00. The molecule has 0 aromatic rings. The summed E-state index contributed by atoms with van der Waals surface area (Å²) in [6.45, 7) is 8.94. The molecule has 0 amide bonds. The van der Waals surface area contributed by atoms with Crippen LogP contribution < -0.4 is 5.32 Å². The molecule has 2 unspecified atom stereocenters. The van der Waals surface area contributed by atoms with Crippen molar-refractivity contribution in [2.24, 2.45) is 0 Å². The van der Waals surface area contributed by atoms with Crippen molar-refractivity contribution in [3.8, 4) is 0 Å². The molecule has 0 aromatic heterocycles. The van der Waals surface area contributed by atoms with Crippen molar-refractivity contribution in [3.63, 3.8) is 0 Å². The number of rotatable bonds is 8. The molecule has 0 spiro atoms. The van der Waals surface area contributed by atoms with Gasteiger partial charge in [-0.15, -0.1) is 0 Å². The van der Waals surface area contributed by atoms with Crippen molar-refractivity contribution < 1.29 is 4.74 Å². The van der Waals surface area contributed by atoms with Crippen molar-refractivity contribution >= 4 is 11.8 Å². The molecule has 1 saturated heterocycles. The molecule has 114 valence electrons. The highest BCUT2D eigenvalue weighted by Gasteiger charge is 2.29. The first kappa shape index (κ1) is 17.3. The van der Waals surface area contributed by atoms with Gasteiger partial charge in [-0.1, -0.05) is 6.92 Å². The van der Waals surface area contributed by atoms with Crippen molar-refractivity contribution in [1.82, 2.24) is 10.2 Å². The summed E-state index contributed by atoms with van der Waals surface area (Å²) in [6, 6.07) is 1.25. The summed E-state index contributed by atoms with van der Waals surface area (Å²) >= 11 is 2.09. The van der Waals surface area contributed by atoms with E-state index in [1.807, 2.05) is 7.11 Å². The Morgan fingerprint density at radius 3 is 2.79 bits per heavy atom. The predicted molar refractivity (Wildman–Crippen MR) is 86.1 cm³/mol. The highest BCUT2D eigenvalue weighted by Crippen LogP contribution is 2.23. The number of nitrogens with one attached hydrogen (secondary N) is 1. The molecule has 1 aliphatic rings. The minimum absolute atomic E-state index is 0.00741. The Hall–Kier alpha value is 0.230. The van der Waals surface area contributed by atoms with E-state index in [0.29, 0.717) is 12.1 Å². The molecule has 1 fully saturated rings. The van der Waals surface area contributed by atoms with Crippen LogP contribution in [-0.4, -0.2) is 61.3 Å². The summed E-state index contributed by atoms with van der Waals surface area (Å²) in [5.41, 5.74) is -0.00741. The Morgan fingerprint density at radius 2 is 2.21 bits per heavy atom. The second-order valence-corrected chi connectivity index (χ2v) is 7.34. The summed E-state index contributed by atoms with van der Waals surface area (Å²) in [7, 11) is 4.09. The van der Waals surface area contributed by atoms with Crippen LogP contribution in [0, 0.1) is 0 Å². The van der Waals surface area contributed by atoms with Crippen molar-refractivity contribution in [3.05, 3.63) is 0 Å². The highest BCUT2D eigenvalue weighted by molar-refractivity contribution is 7.99. The predicted octanol–water partition coefficient (Wildman–Crippen LogP) is 2.61. The van der Waals surface area contributed by atoms with Gasteiger partial charge in [-0.25, -0.2) is 0 Å². The van der Waals surface area contributed by atoms with Gasteiger partial charge in [-0.05, 0) is 46.7 Å². The second kappa shape index (κ2) is 8.50. The quantitative estimate of drug-likeness (QED) is 0.742. The van der Waals surface area contributed by atoms with Gasteiger partial charge in [0.15, 0.2) is 0 Å². The number of methoxy groups -OCH3 is 1. The van der Waals surface area contributed by atoms with Gasteiger partial charge in [0.05, 0.1) is 5.60 Å². The largest absolute Gasteiger partial charge is 0.379 e. The van der Waals surface area contributed by atoms with E-state index in [9.17, 15) is 0 Å². The second-order valence-electron chi connectivity index (χ2n) is 6.19. The third kappa shape index (κ3) is 6.03. The fourth-order valence-electron chi connectivity index (χ4n) is 2.49. The standard InChI is InChI=1S/C15H32N2OS/c1-6-9-16-13(7-8-15(2,3)18-5)14-12-19-11-10-17(14)4/h13-14,16H,6-12H2,1-5H3. The van der Waals surface area contributed by atoms with Gasteiger partial charge in [0.1, 0.15) is 0 Å². The topological polar surface area (TPSA) is 24.5 Å². The van der Waals surface area contributed by atoms with Crippen LogP contribution in [0.5, 0.6) is 0 Å². The summed E-state index contributed by atoms with van der Waals surface area (Å²) in [6.07, 6.45) is 3.50. The van der Waals surface area contributed by atoms with Crippen LogP contribution in [0.4, 0.5) is 0 Å². The highest BCUT2D eigenvalue weighted by atomic mass is 32.2. The molecule has 0 aromatic carbocycles. The fraction of sp³-hybridized carbons (Fsp3) is 1.00. The average Bonchev–Trinajstić information content (AvgIpc) is 2.40. The number of thioether (sulfide) groups is 1. The van der Waals surface area contributed by atoms with E-state index in [2.05, 4.69) is 49.8 Å². The minimum Gasteiger partial charge on any atom is -0.379 e. The Kier molecular flexibility index (Phi) is 7.73. The normalized spacial score (nSPS) is 23.5. The van der Waals surface area contributed by atoms with Gasteiger partial charge in [0, 0.05) is 37.2 Å². The van der Waals surface area contributed by atoms with Gasteiger partial charge in [-0.3, -0.25) is 0 Å². The van der Waals surface area contributed by atoms with E-state index < -0.39 is 0 Å². The van der Waals surface area contributed by atoms with E-state index in [4.69, 9.17) is 4.74 Å². The lowest BCUT2D eigenvalue weighted by Gasteiger charge is -2.39. The molecular formula is C15H32N2OS. The Bertz CT molecular complexity index is 248. The van der Waals surface area contributed by atoms with Crippen LogP contribution in [0.1, 0.15) is 40.0 Å². The first-order valence-corrected chi connectivity index (χ1v) is 8.72. The Balaban J connectivity index is 2.54. The number of likely N-dealkylation sites (N-methyl/N-ethyl adjacent to an activating group) is 1. The zero-order valence-corrected chi connectivity index (χ0v) is 14.2. The third-order valence-electron chi connectivity index (χ3n) is 4.17. The van der Waals surface area contributed by atoms with Crippen LogP contribution in [-0.2, 0) is 4.74 Å². The lowest BCUT2D eigenvalue weighted by atomic mass is 9.95. The van der Waals surface area contributed by atoms with Gasteiger partial charge >= 0.3 is 0 Å². The van der Waals surface area contributed by atoms with E-state index >= 15 is 0 Å². The van der Waals surface area contributed by atoms with E-state index in [0.717, 1.165) is 13.0 Å².